The molecular formula is C21H15NO3. The summed E-state index contributed by atoms with van der Waals surface area (Å²) in [7, 11) is 0. The van der Waals surface area contributed by atoms with Crippen LogP contribution in [0.3, 0.4) is 0 Å². The van der Waals surface area contributed by atoms with Crippen molar-refractivity contribution in [2.75, 3.05) is 0 Å². The lowest BCUT2D eigenvalue weighted by atomic mass is 9.96. The van der Waals surface area contributed by atoms with Gasteiger partial charge in [-0.25, -0.2) is 0 Å². The van der Waals surface area contributed by atoms with Crippen molar-refractivity contribution in [1.29, 1.82) is 5.26 Å². The predicted molar refractivity (Wildman–Crippen MR) is 90.7 cm³/mol. The third-order valence-electron chi connectivity index (χ3n) is 4.17. The molecular weight excluding hydrogens is 314 g/mol. The molecule has 0 spiro atoms. The molecule has 0 aromatic heterocycles. The van der Waals surface area contributed by atoms with Crippen LogP contribution in [0.15, 0.2) is 91.0 Å². The summed E-state index contributed by atoms with van der Waals surface area (Å²) >= 11 is 0. The fraction of sp³-hybridized carbons (Fsp3) is 0.0952. The number of nitriles is 1. The molecule has 1 fully saturated rings. The van der Waals surface area contributed by atoms with Crippen molar-refractivity contribution in [2.24, 2.45) is 0 Å². The Hall–Kier alpha value is -2.97. The van der Waals surface area contributed by atoms with Crippen molar-refractivity contribution >= 4 is 0 Å². The largest absolute Gasteiger partial charge is 0.318 e. The lowest BCUT2D eigenvalue weighted by Crippen LogP contribution is -2.33. The Morgan fingerprint density at radius 2 is 1.04 bits per heavy atom. The molecule has 4 rings (SSSR count). The minimum Gasteiger partial charge on any atom is -0.288 e. The van der Waals surface area contributed by atoms with E-state index in [0.717, 1.165) is 11.1 Å². The molecule has 0 N–H and O–H groups in total. The molecule has 3 aromatic rings. The second-order valence-corrected chi connectivity index (χ2v) is 5.71. The molecule has 1 saturated heterocycles. The third-order valence-corrected chi connectivity index (χ3v) is 4.17. The first kappa shape index (κ1) is 15.6. The maximum Gasteiger partial charge on any atom is 0.318 e. The van der Waals surface area contributed by atoms with Gasteiger partial charge in [0, 0.05) is 16.7 Å². The highest BCUT2D eigenvalue weighted by Gasteiger charge is 2.56. The van der Waals surface area contributed by atoms with E-state index in [9.17, 15) is 5.26 Å². The Morgan fingerprint density at radius 3 is 1.48 bits per heavy atom. The highest BCUT2D eigenvalue weighted by atomic mass is 17.3. The predicted octanol–water partition coefficient (Wildman–Crippen LogP) is 4.24. The van der Waals surface area contributed by atoms with E-state index in [1.807, 2.05) is 78.9 Å². The van der Waals surface area contributed by atoms with Gasteiger partial charge in [-0.15, -0.1) is 0 Å². The molecule has 1 heterocycles. The first-order valence-electron chi connectivity index (χ1n) is 7.94. The van der Waals surface area contributed by atoms with Gasteiger partial charge < -0.3 is 0 Å². The molecule has 1 unspecified atom stereocenters. The van der Waals surface area contributed by atoms with Crippen LogP contribution in [-0.2, 0) is 26.1 Å². The number of ether oxygens (including phenoxy) is 1. The van der Waals surface area contributed by atoms with Crippen molar-refractivity contribution < 1.29 is 14.5 Å². The van der Waals surface area contributed by atoms with Gasteiger partial charge in [-0.3, -0.25) is 4.74 Å². The Bertz CT molecular complexity index is 851. The van der Waals surface area contributed by atoms with E-state index >= 15 is 0 Å². The van der Waals surface area contributed by atoms with Crippen molar-refractivity contribution in [3.63, 3.8) is 0 Å². The van der Waals surface area contributed by atoms with Crippen molar-refractivity contribution in [1.82, 2.24) is 0 Å². The Balaban J connectivity index is 1.87. The summed E-state index contributed by atoms with van der Waals surface area (Å²) in [6.45, 7) is 0. The number of hydrogen-bond donors (Lipinski definition) is 0. The lowest BCUT2D eigenvalue weighted by Gasteiger charge is -2.27. The highest BCUT2D eigenvalue weighted by molar-refractivity contribution is 5.36. The van der Waals surface area contributed by atoms with E-state index < -0.39 is 11.6 Å². The van der Waals surface area contributed by atoms with Crippen LogP contribution in [0, 0.1) is 11.3 Å². The first-order chi connectivity index (χ1) is 12.3. The van der Waals surface area contributed by atoms with Crippen LogP contribution in [0.25, 0.3) is 0 Å². The molecule has 0 saturated carbocycles. The minimum absolute atomic E-state index is 0.575. The van der Waals surface area contributed by atoms with Crippen molar-refractivity contribution in [3.05, 3.63) is 108 Å². The van der Waals surface area contributed by atoms with Crippen LogP contribution in [0.2, 0.25) is 0 Å². The fourth-order valence-corrected chi connectivity index (χ4v) is 2.92. The standard InChI is InChI=1S/C21H15NO3/c22-16-20(17-10-4-1-5-11-17)23-21(25-24-20,18-12-6-2-7-13-18)19-14-8-3-9-15-19/h1-15H. The number of nitrogens with zero attached hydrogens (tertiary/aromatic N) is 1. The maximum atomic E-state index is 9.82. The van der Waals surface area contributed by atoms with Crippen LogP contribution < -0.4 is 0 Å². The normalized spacial score (nSPS) is 21.6. The molecule has 0 amide bonds. The van der Waals surface area contributed by atoms with Gasteiger partial charge in [0.2, 0.25) is 0 Å². The van der Waals surface area contributed by atoms with E-state index in [1.165, 1.54) is 0 Å². The second-order valence-electron chi connectivity index (χ2n) is 5.71. The van der Waals surface area contributed by atoms with Gasteiger partial charge in [-0.2, -0.15) is 15.0 Å². The van der Waals surface area contributed by atoms with E-state index in [0.29, 0.717) is 5.56 Å². The third kappa shape index (κ3) is 2.51. The molecule has 122 valence electrons. The summed E-state index contributed by atoms with van der Waals surface area (Å²) in [5, 5.41) is 9.82. The summed E-state index contributed by atoms with van der Waals surface area (Å²) < 4.78 is 6.24. The smallest absolute Gasteiger partial charge is 0.288 e. The number of rotatable bonds is 3. The van der Waals surface area contributed by atoms with Crippen molar-refractivity contribution in [3.8, 4) is 6.07 Å². The van der Waals surface area contributed by atoms with E-state index in [1.54, 1.807) is 12.1 Å². The molecule has 0 bridgehead atoms. The molecule has 4 heteroatoms. The molecule has 1 aliphatic heterocycles. The van der Waals surface area contributed by atoms with Crippen LogP contribution in [0.1, 0.15) is 16.7 Å². The quantitative estimate of drug-likeness (QED) is 0.674. The average Bonchev–Trinajstić information content (AvgIpc) is 3.13. The maximum absolute atomic E-state index is 9.82. The highest BCUT2D eigenvalue weighted by Crippen LogP contribution is 2.48. The van der Waals surface area contributed by atoms with Gasteiger partial charge in [-0.05, 0) is 0 Å². The summed E-state index contributed by atoms with van der Waals surface area (Å²) in [6.07, 6.45) is 0. The zero-order chi connectivity index (χ0) is 17.2. The van der Waals surface area contributed by atoms with Crippen LogP contribution >= 0.6 is 0 Å². The molecule has 4 nitrogen and oxygen atoms in total. The first-order valence-corrected chi connectivity index (χ1v) is 7.94. The Labute approximate surface area is 145 Å². The topological polar surface area (TPSA) is 51.5 Å². The summed E-state index contributed by atoms with van der Waals surface area (Å²) in [6, 6.07) is 30.1. The van der Waals surface area contributed by atoms with Gasteiger partial charge in [-0.1, -0.05) is 91.0 Å². The van der Waals surface area contributed by atoms with Crippen molar-refractivity contribution in [2.45, 2.75) is 11.6 Å². The second kappa shape index (κ2) is 6.15. The Morgan fingerprint density at radius 1 is 0.600 bits per heavy atom. The van der Waals surface area contributed by atoms with E-state index in [2.05, 4.69) is 6.07 Å². The zero-order valence-electron chi connectivity index (χ0n) is 13.3. The van der Waals surface area contributed by atoms with Crippen LogP contribution in [0.5, 0.6) is 0 Å². The van der Waals surface area contributed by atoms with Crippen LogP contribution in [0.4, 0.5) is 0 Å². The van der Waals surface area contributed by atoms with E-state index in [-0.39, 0.29) is 0 Å². The average molecular weight is 329 g/mol. The molecule has 0 aliphatic carbocycles. The van der Waals surface area contributed by atoms with Gasteiger partial charge in [0.25, 0.3) is 5.79 Å². The van der Waals surface area contributed by atoms with Gasteiger partial charge in [0.1, 0.15) is 6.07 Å². The monoisotopic (exact) mass is 329 g/mol. The lowest BCUT2D eigenvalue weighted by molar-refractivity contribution is -0.338. The molecule has 25 heavy (non-hydrogen) atoms. The number of benzene rings is 3. The molecule has 1 atom stereocenters. The fourth-order valence-electron chi connectivity index (χ4n) is 2.92. The van der Waals surface area contributed by atoms with E-state index in [4.69, 9.17) is 14.5 Å². The summed E-state index contributed by atoms with van der Waals surface area (Å²) in [5.74, 6) is -2.97. The van der Waals surface area contributed by atoms with Gasteiger partial charge in [0.15, 0.2) is 0 Å². The van der Waals surface area contributed by atoms with Gasteiger partial charge >= 0.3 is 5.79 Å². The Kier molecular flexibility index (Phi) is 3.83. The molecule has 1 aliphatic rings. The SMILES string of the molecule is N#CC1(c2ccccc2)OOC(c2ccccc2)(c2ccccc2)O1. The minimum atomic E-state index is -1.65. The summed E-state index contributed by atoms with van der Waals surface area (Å²) in [5.41, 5.74) is 2.06. The molecule has 0 radical (unpaired) electrons. The zero-order valence-corrected chi connectivity index (χ0v) is 13.3. The van der Waals surface area contributed by atoms with Crippen LogP contribution in [-0.4, -0.2) is 0 Å². The summed E-state index contributed by atoms with van der Waals surface area (Å²) in [4.78, 5) is 11.2. The number of hydrogen-bond acceptors (Lipinski definition) is 4. The molecule has 3 aromatic carbocycles. The van der Waals surface area contributed by atoms with Gasteiger partial charge in [0.05, 0.1) is 0 Å².